The summed E-state index contributed by atoms with van der Waals surface area (Å²) in [7, 11) is 1.54. The fourth-order valence-electron chi connectivity index (χ4n) is 2.59. The summed E-state index contributed by atoms with van der Waals surface area (Å²) >= 11 is 6.12. The minimum absolute atomic E-state index is 0.222. The van der Waals surface area contributed by atoms with Crippen LogP contribution < -0.4 is 14.8 Å². The van der Waals surface area contributed by atoms with Gasteiger partial charge in [-0.05, 0) is 49.3 Å². The lowest BCUT2D eigenvalue weighted by atomic mass is 10.1. The third-order valence-electron chi connectivity index (χ3n) is 4.13. The Balaban J connectivity index is 1.95. The van der Waals surface area contributed by atoms with E-state index in [1.54, 1.807) is 31.4 Å². The Morgan fingerprint density at radius 1 is 1.24 bits per heavy atom. The number of methoxy groups -OCH3 is 1. The molecule has 25 heavy (non-hydrogen) atoms. The van der Waals surface area contributed by atoms with Gasteiger partial charge < -0.3 is 14.8 Å². The van der Waals surface area contributed by atoms with Crippen molar-refractivity contribution in [2.75, 3.05) is 12.4 Å². The maximum absolute atomic E-state index is 12.7. The second-order valence-corrected chi connectivity index (χ2v) is 6.18. The summed E-state index contributed by atoms with van der Waals surface area (Å²) < 4.78 is 10.9. The van der Waals surface area contributed by atoms with Crippen molar-refractivity contribution in [1.82, 2.24) is 0 Å². The summed E-state index contributed by atoms with van der Waals surface area (Å²) in [5, 5.41) is 3.45. The van der Waals surface area contributed by atoms with Crippen LogP contribution in [0, 0.1) is 13.8 Å². The number of hydrogen-bond donors (Lipinski definition) is 1. The molecule has 1 aliphatic rings. The highest BCUT2D eigenvalue weighted by Crippen LogP contribution is 2.37. The van der Waals surface area contributed by atoms with Gasteiger partial charge in [0.25, 0.3) is 5.91 Å². The molecule has 0 saturated heterocycles. The lowest BCUT2D eigenvalue weighted by Gasteiger charge is -2.11. The highest BCUT2D eigenvalue weighted by molar-refractivity contribution is 6.31. The molecule has 0 fully saturated rings. The predicted octanol–water partition coefficient (Wildman–Crippen LogP) is 4.89. The molecule has 0 bridgehead atoms. The highest BCUT2D eigenvalue weighted by atomic mass is 35.5. The van der Waals surface area contributed by atoms with E-state index in [0.717, 1.165) is 16.8 Å². The largest absolute Gasteiger partial charge is 0.493 e. The van der Waals surface area contributed by atoms with Gasteiger partial charge in [-0.1, -0.05) is 23.7 Å². The lowest BCUT2D eigenvalue weighted by Crippen LogP contribution is -2.14. The predicted molar refractivity (Wildman–Crippen MR) is 100 cm³/mol. The smallest absolute Gasteiger partial charge is 0.255 e. The molecule has 0 unspecified atom stereocenters. The van der Waals surface area contributed by atoms with Gasteiger partial charge in [-0.2, -0.15) is 0 Å². The lowest BCUT2D eigenvalue weighted by molar-refractivity contribution is -0.112. The Morgan fingerprint density at radius 2 is 2.04 bits per heavy atom. The van der Waals surface area contributed by atoms with E-state index in [-0.39, 0.29) is 5.91 Å². The molecule has 0 aromatic heterocycles. The average molecular weight is 356 g/mol. The van der Waals surface area contributed by atoms with Crippen LogP contribution in [-0.2, 0) is 4.79 Å². The van der Waals surface area contributed by atoms with E-state index in [1.807, 2.05) is 32.0 Å². The number of anilines is 1. The standard InChI is InChI=1S/C20H18ClNO3/c1-12-5-4-6-17(13(12)2)22-20(23)14-7-8-25-19-15(9-14)10-16(21)11-18(19)24-3/h4-11H,1-3H3,(H,22,23). The van der Waals surface area contributed by atoms with Gasteiger partial charge >= 0.3 is 0 Å². The van der Waals surface area contributed by atoms with Crippen molar-refractivity contribution in [2.24, 2.45) is 0 Å². The van der Waals surface area contributed by atoms with E-state index in [0.29, 0.717) is 27.7 Å². The molecule has 1 aliphatic heterocycles. The van der Waals surface area contributed by atoms with E-state index in [1.165, 1.54) is 6.26 Å². The third-order valence-corrected chi connectivity index (χ3v) is 4.35. The van der Waals surface area contributed by atoms with E-state index in [4.69, 9.17) is 21.1 Å². The third kappa shape index (κ3) is 3.54. The number of rotatable bonds is 3. The van der Waals surface area contributed by atoms with E-state index < -0.39 is 0 Å². The molecule has 2 aromatic rings. The first-order valence-electron chi connectivity index (χ1n) is 7.79. The first kappa shape index (κ1) is 17.1. The molecule has 4 nitrogen and oxygen atoms in total. The molecule has 1 heterocycles. The molecular formula is C20H18ClNO3. The van der Waals surface area contributed by atoms with Crippen LogP contribution >= 0.6 is 11.6 Å². The van der Waals surface area contributed by atoms with E-state index in [2.05, 4.69) is 5.32 Å². The van der Waals surface area contributed by atoms with Crippen LogP contribution in [0.25, 0.3) is 6.08 Å². The second-order valence-electron chi connectivity index (χ2n) is 5.75. The molecule has 1 amide bonds. The zero-order chi connectivity index (χ0) is 18.0. The van der Waals surface area contributed by atoms with E-state index in [9.17, 15) is 4.79 Å². The Labute approximate surface area is 151 Å². The quantitative estimate of drug-likeness (QED) is 0.852. The minimum atomic E-state index is -0.222. The minimum Gasteiger partial charge on any atom is -0.493 e. The zero-order valence-electron chi connectivity index (χ0n) is 14.2. The summed E-state index contributed by atoms with van der Waals surface area (Å²) in [6, 6.07) is 9.21. The number of aryl methyl sites for hydroxylation is 1. The molecule has 1 N–H and O–H groups in total. The SMILES string of the molecule is COc1cc(Cl)cc2c1OC=CC(C(=O)Nc1cccc(C)c1C)=C2. The Hall–Kier alpha value is -2.72. The molecule has 0 radical (unpaired) electrons. The van der Waals surface area contributed by atoms with Crippen molar-refractivity contribution in [3.63, 3.8) is 0 Å². The summed E-state index contributed by atoms with van der Waals surface area (Å²) in [5.74, 6) is 0.817. The summed E-state index contributed by atoms with van der Waals surface area (Å²) in [5.41, 5.74) is 4.08. The summed E-state index contributed by atoms with van der Waals surface area (Å²) in [6.07, 6.45) is 4.82. The van der Waals surface area contributed by atoms with Crippen molar-refractivity contribution in [2.45, 2.75) is 13.8 Å². The molecule has 2 aromatic carbocycles. The van der Waals surface area contributed by atoms with E-state index >= 15 is 0 Å². The normalized spacial score (nSPS) is 12.6. The molecule has 0 saturated carbocycles. The first-order chi connectivity index (χ1) is 12.0. The van der Waals surface area contributed by atoms with Gasteiger partial charge in [-0.25, -0.2) is 0 Å². The molecule has 5 heteroatoms. The van der Waals surface area contributed by atoms with Gasteiger partial charge in [0.05, 0.1) is 13.4 Å². The topological polar surface area (TPSA) is 47.6 Å². The second kappa shape index (κ2) is 7.03. The van der Waals surface area contributed by atoms with Gasteiger partial charge in [-0.3, -0.25) is 4.79 Å². The number of amides is 1. The first-order valence-corrected chi connectivity index (χ1v) is 8.17. The molecule has 128 valence electrons. The fraction of sp³-hybridized carbons (Fsp3) is 0.150. The van der Waals surface area contributed by atoms with Gasteiger partial charge in [0, 0.05) is 27.9 Å². The number of benzene rings is 2. The van der Waals surface area contributed by atoms with Crippen LogP contribution in [-0.4, -0.2) is 13.0 Å². The van der Waals surface area contributed by atoms with Gasteiger partial charge in [-0.15, -0.1) is 0 Å². The van der Waals surface area contributed by atoms with Crippen LogP contribution in [0.1, 0.15) is 16.7 Å². The Bertz CT molecular complexity index is 900. The van der Waals surface area contributed by atoms with Crippen molar-refractivity contribution in [1.29, 1.82) is 0 Å². The number of carbonyl (C=O) groups excluding carboxylic acids is 1. The zero-order valence-corrected chi connectivity index (χ0v) is 15.0. The van der Waals surface area contributed by atoms with Crippen LogP contribution in [0.4, 0.5) is 5.69 Å². The average Bonchev–Trinajstić information content (AvgIpc) is 2.80. The fourth-order valence-corrected chi connectivity index (χ4v) is 2.80. The molecule has 3 rings (SSSR count). The number of ether oxygens (including phenoxy) is 2. The van der Waals surface area contributed by atoms with Crippen molar-refractivity contribution >= 4 is 29.3 Å². The Morgan fingerprint density at radius 3 is 2.80 bits per heavy atom. The van der Waals surface area contributed by atoms with Crippen LogP contribution in [0.2, 0.25) is 5.02 Å². The Kier molecular flexibility index (Phi) is 4.81. The number of nitrogens with one attached hydrogen (secondary N) is 1. The monoisotopic (exact) mass is 355 g/mol. The molecule has 0 atom stereocenters. The number of carbonyl (C=O) groups is 1. The van der Waals surface area contributed by atoms with Crippen LogP contribution in [0.3, 0.4) is 0 Å². The molecule has 0 aliphatic carbocycles. The van der Waals surface area contributed by atoms with Crippen molar-refractivity contribution in [3.05, 3.63) is 70.0 Å². The van der Waals surface area contributed by atoms with Gasteiger partial charge in [0.15, 0.2) is 11.5 Å². The number of fused-ring (bicyclic) bond motifs is 1. The number of hydrogen-bond acceptors (Lipinski definition) is 3. The maximum atomic E-state index is 12.7. The van der Waals surface area contributed by atoms with Crippen molar-refractivity contribution < 1.29 is 14.3 Å². The molecule has 0 spiro atoms. The van der Waals surface area contributed by atoms with Gasteiger partial charge in [0.1, 0.15) is 0 Å². The summed E-state index contributed by atoms with van der Waals surface area (Å²) in [4.78, 5) is 12.7. The number of halogens is 1. The summed E-state index contributed by atoms with van der Waals surface area (Å²) in [6.45, 7) is 3.99. The molecular weight excluding hydrogens is 338 g/mol. The maximum Gasteiger partial charge on any atom is 0.255 e. The van der Waals surface area contributed by atoms with Gasteiger partial charge in [0.2, 0.25) is 0 Å². The van der Waals surface area contributed by atoms with Crippen LogP contribution in [0.5, 0.6) is 11.5 Å². The van der Waals surface area contributed by atoms with Crippen LogP contribution in [0.15, 0.2) is 48.2 Å². The highest BCUT2D eigenvalue weighted by Gasteiger charge is 2.17. The van der Waals surface area contributed by atoms with Crippen molar-refractivity contribution in [3.8, 4) is 11.5 Å².